The Bertz CT molecular complexity index is 568. The highest BCUT2D eigenvalue weighted by atomic mass is 35.5. The van der Waals surface area contributed by atoms with Gasteiger partial charge >= 0.3 is 0 Å². The average Bonchev–Trinajstić information content (AvgIpc) is 2.42. The molecule has 19 heavy (non-hydrogen) atoms. The molecule has 0 radical (unpaired) electrons. The summed E-state index contributed by atoms with van der Waals surface area (Å²) in [6.45, 7) is 0.392. The number of aliphatic hydroxyl groups excluding tert-OH is 1. The molecule has 2 rings (SSSR count). The smallest absolute Gasteiger partial charge is 0.139 e. The topological polar surface area (TPSA) is 29.5 Å². The van der Waals surface area contributed by atoms with Crippen molar-refractivity contribution in [3.63, 3.8) is 0 Å². The Morgan fingerprint density at radius 1 is 0.842 bits per heavy atom. The van der Waals surface area contributed by atoms with Crippen molar-refractivity contribution in [1.29, 1.82) is 0 Å². The van der Waals surface area contributed by atoms with Crippen LogP contribution in [0.25, 0.3) is 0 Å². The minimum Gasteiger partial charge on any atom is -0.487 e. The van der Waals surface area contributed by atoms with E-state index >= 15 is 0 Å². The molecule has 0 amide bonds. The van der Waals surface area contributed by atoms with Crippen molar-refractivity contribution in [3.05, 3.63) is 62.6 Å². The first-order valence-corrected chi connectivity index (χ1v) is 6.69. The summed E-state index contributed by atoms with van der Waals surface area (Å²) >= 11 is 17.8. The molecule has 0 bridgehead atoms. The number of ether oxygens (including phenoxy) is 1. The lowest BCUT2D eigenvalue weighted by atomic mass is 10.1. The number of halogens is 3. The Morgan fingerprint density at radius 2 is 1.42 bits per heavy atom. The predicted molar refractivity (Wildman–Crippen MR) is 78.2 cm³/mol. The third kappa shape index (κ3) is 3.77. The van der Waals surface area contributed by atoms with Crippen molar-refractivity contribution >= 4 is 34.8 Å². The molecule has 0 unspecified atom stereocenters. The second kappa shape index (κ2) is 6.49. The fourth-order valence-electron chi connectivity index (χ4n) is 1.52. The highest BCUT2D eigenvalue weighted by molar-refractivity contribution is 6.43. The molecule has 100 valence electrons. The lowest BCUT2D eigenvalue weighted by Crippen LogP contribution is -1.96. The first kappa shape index (κ1) is 14.5. The number of hydrogen-bond donors (Lipinski definition) is 1. The Hall–Kier alpha value is -0.930. The molecule has 2 nitrogen and oxygen atoms in total. The molecule has 5 heteroatoms. The molecule has 1 N–H and O–H groups in total. The summed E-state index contributed by atoms with van der Waals surface area (Å²) in [6, 6.07) is 10.6. The van der Waals surface area contributed by atoms with E-state index in [1.54, 1.807) is 12.1 Å². The standard InChI is InChI=1S/C14H11Cl3O2/c15-11-5-13(17)14(6-12(11)16)19-8-10-3-1-9(7-18)2-4-10/h1-6,18H,7-8H2. The molecule has 0 spiro atoms. The van der Waals surface area contributed by atoms with Gasteiger partial charge in [0.05, 0.1) is 21.7 Å². The van der Waals surface area contributed by atoms with Gasteiger partial charge in [-0.15, -0.1) is 0 Å². The maximum atomic E-state index is 8.95. The van der Waals surface area contributed by atoms with E-state index in [-0.39, 0.29) is 6.61 Å². The molecule has 2 aromatic carbocycles. The molecule has 0 heterocycles. The summed E-state index contributed by atoms with van der Waals surface area (Å²) in [7, 11) is 0. The maximum absolute atomic E-state index is 8.95. The monoisotopic (exact) mass is 316 g/mol. The van der Waals surface area contributed by atoms with E-state index in [0.717, 1.165) is 11.1 Å². The van der Waals surface area contributed by atoms with Crippen molar-refractivity contribution in [3.8, 4) is 5.75 Å². The van der Waals surface area contributed by atoms with Crippen molar-refractivity contribution < 1.29 is 9.84 Å². The van der Waals surface area contributed by atoms with Crippen LogP contribution in [0.5, 0.6) is 5.75 Å². The van der Waals surface area contributed by atoms with E-state index < -0.39 is 0 Å². The van der Waals surface area contributed by atoms with Crippen LogP contribution in [0.4, 0.5) is 0 Å². The van der Waals surface area contributed by atoms with Crippen LogP contribution >= 0.6 is 34.8 Å². The van der Waals surface area contributed by atoms with Crippen molar-refractivity contribution in [2.24, 2.45) is 0 Å². The van der Waals surface area contributed by atoms with Crippen LogP contribution in [0.2, 0.25) is 15.1 Å². The Kier molecular flexibility index (Phi) is 4.94. The second-order valence-electron chi connectivity index (χ2n) is 3.96. The van der Waals surface area contributed by atoms with Gasteiger partial charge in [-0.1, -0.05) is 59.1 Å². The summed E-state index contributed by atoms with van der Waals surface area (Å²) < 4.78 is 5.59. The van der Waals surface area contributed by atoms with Gasteiger partial charge in [0, 0.05) is 6.07 Å². The summed E-state index contributed by atoms with van der Waals surface area (Å²) in [5.74, 6) is 0.488. The maximum Gasteiger partial charge on any atom is 0.139 e. The fraction of sp³-hybridized carbons (Fsp3) is 0.143. The summed E-state index contributed by atoms with van der Waals surface area (Å²) in [5.41, 5.74) is 1.83. The van der Waals surface area contributed by atoms with Gasteiger partial charge in [0.15, 0.2) is 0 Å². The van der Waals surface area contributed by atoms with Crippen LogP contribution in [0.15, 0.2) is 36.4 Å². The van der Waals surface area contributed by atoms with Crippen molar-refractivity contribution in [1.82, 2.24) is 0 Å². The predicted octanol–water partition coefficient (Wildman–Crippen LogP) is 4.72. The normalized spacial score (nSPS) is 10.5. The van der Waals surface area contributed by atoms with Gasteiger partial charge in [-0.25, -0.2) is 0 Å². The molecule has 0 aliphatic rings. The molecule has 0 atom stereocenters. The van der Waals surface area contributed by atoms with E-state index in [1.165, 1.54) is 0 Å². The van der Waals surface area contributed by atoms with E-state index in [9.17, 15) is 0 Å². The first-order valence-electron chi connectivity index (χ1n) is 5.56. The minimum atomic E-state index is 0.0275. The zero-order chi connectivity index (χ0) is 13.8. The zero-order valence-corrected chi connectivity index (χ0v) is 12.1. The van der Waals surface area contributed by atoms with Gasteiger partial charge in [0.25, 0.3) is 0 Å². The summed E-state index contributed by atoms with van der Waals surface area (Å²) in [4.78, 5) is 0. The number of hydrogen-bond acceptors (Lipinski definition) is 2. The third-order valence-corrected chi connectivity index (χ3v) is 3.59. The summed E-state index contributed by atoms with van der Waals surface area (Å²) in [6.07, 6.45) is 0. The minimum absolute atomic E-state index is 0.0275. The summed E-state index contributed by atoms with van der Waals surface area (Å²) in [5, 5.41) is 10.2. The lowest BCUT2D eigenvalue weighted by Gasteiger charge is -2.09. The van der Waals surface area contributed by atoms with Crippen LogP contribution in [0, 0.1) is 0 Å². The van der Waals surface area contributed by atoms with E-state index in [4.69, 9.17) is 44.6 Å². The van der Waals surface area contributed by atoms with Gasteiger partial charge in [0.1, 0.15) is 12.4 Å². The van der Waals surface area contributed by atoms with Crippen molar-refractivity contribution in [2.45, 2.75) is 13.2 Å². The Morgan fingerprint density at radius 3 is 2.05 bits per heavy atom. The van der Waals surface area contributed by atoms with Crippen LogP contribution in [0.1, 0.15) is 11.1 Å². The first-order chi connectivity index (χ1) is 9.10. The largest absolute Gasteiger partial charge is 0.487 e. The van der Waals surface area contributed by atoms with E-state index in [0.29, 0.717) is 27.4 Å². The Labute approximate surface area is 126 Å². The molecule has 0 aromatic heterocycles. The molecule has 0 saturated carbocycles. The van der Waals surface area contributed by atoms with E-state index in [1.807, 2.05) is 24.3 Å². The molecule has 2 aromatic rings. The number of benzene rings is 2. The average molecular weight is 318 g/mol. The molecule has 0 aliphatic carbocycles. The number of aliphatic hydroxyl groups is 1. The lowest BCUT2D eigenvalue weighted by molar-refractivity contribution is 0.281. The second-order valence-corrected chi connectivity index (χ2v) is 5.18. The third-order valence-electron chi connectivity index (χ3n) is 2.57. The molecule has 0 saturated heterocycles. The van der Waals surface area contributed by atoms with Crippen molar-refractivity contribution in [2.75, 3.05) is 0 Å². The molecule has 0 fully saturated rings. The van der Waals surface area contributed by atoms with Crippen LogP contribution in [-0.4, -0.2) is 5.11 Å². The zero-order valence-electron chi connectivity index (χ0n) is 9.87. The van der Waals surface area contributed by atoms with Gasteiger partial charge in [-0.3, -0.25) is 0 Å². The molecular formula is C14H11Cl3O2. The fourth-order valence-corrected chi connectivity index (χ4v) is 2.11. The highest BCUT2D eigenvalue weighted by Crippen LogP contribution is 2.34. The van der Waals surface area contributed by atoms with Crippen LogP contribution in [0.3, 0.4) is 0 Å². The van der Waals surface area contributed by atoms with Gasteiger partial charge in [-0.05, 0) is 17.2 Å². The Balaban J connectivity index is 2.07. The van der Waals surface area contributed by atoms with Crippen LogP contribution in [-0.2, 0) is 13.2 Å². The highest BCUT2D eigenvalue weighted by Gasteiger charge is 2.07. The quantitative estimate of drug-likeness (QED) is 0.827. The number of rotatable bonds is 4. The van der Waals surface area contributed by atoms with Gasteiger partial charge in [0.2, 0.25) is 0 Å². The SMILES string of the molecule is OCc1ccc(COc2cc(Cl)c(Cl)cc2Cl)cc1. The molecule has 0 aliphatic heterocycles. The van der Waals surface area contributed by atoms with Crippen LogP contribution < -0.4 is 4.74 Å². The van der Waals surface area contributed by atoms with Gasteiger partial charge < -0.3 is 9.84 Å². The van der Waals surface area contributed by atoms with E-state index in [2.05, 4.69) is 0 Å². The van der Waals surface area contributed by atoms with Gasteiger partial charge in [-0.2, -0.15) is 0 Å². The molecular weight excluding hydrogens is 307 g/mol.